The lowest BCUT2D eigenvalue weighted by Gasteiger charge is -2.11. The molecule has 0 N–H and O–H groups in total. The van der Waals surface area contributed by atoms with Gasteiger partial charge in [0, 0.05) is 19.9 Å². The van der Waals surface area contributed by atoms with Gasteiger partial charge in [-0.3, -0.25) is 9.59 Å². The fourth-order valence-corrected chi connectivity index (χ4v) is 1.63. The van der Waals surface area contributed by atoms with Gasteiger partial charge in [0.1, 0.15) is 0 Å². The topological polar surface area (TPSA) is 78.9 Å². The molecule has 0 aromatic heterocycles. The first-order valence-corrected chi connectivity index (χ1v) is 6.11. The molecule has 112 valence electrons. The zero-order valence-electron chi connectivity index (χ0n) is 12.3. The summed E-state index contributed by atoms with van der Waals surface area (Å²) in [6.45, 7) is 4.18. The predicted molar refractivity (Wildman–Crippen MR) is 74.8 cm³/mol. The van der Waals surface area contributed by atoms with Crippen molar-refractivity contribution in [2.24, 2.45) is 0 Å². The number of benzene rings is 1. The number of carbonyl (C=O) groups is 3. The Balaban J connectivity index is 3.03. The molecule has 1 rings (SSSR count). The molecular weight excluding hydrogens is 276 g/mol. The fraction of sp³-hybridized carbons (Fsp3) is 0.267. The zero-order valence-corrected chi connectivity index (χ0v) is 12.3. The molecule has 0 saturated carbocycles. The van der Waals surface area contributed by atoms with Crippen LogP contribution in [0.4, 0.5) is 0 Å². The van der Waals surface area contributed by atoms with E-state index < -0.39 is 17.9 Å². The Bertz CT molecular complexity index is 600. The van der Waals surface area contributed by atoms with Gasteiger partial charge in [-0.2, -0.15) is 0 Å². The predicted octanol–water partition coefficient (Wildman–Crippen LogP) is 2.03. The lowest BCUT2D eigenvalue weighted by atomic mass is 10.1. The second-order valence-electron chi connectivity index (χ2n) is 4.21. The number of hydrogen-bond donors (Lipinski definition) is 0. The summed E-state index contributed by atoms with van der Waals surface area (Å²) in [5.41, 5.74) is 1.31. The van der Waals surface area contributed by atoms with Gasteiger partial charge in [0.2, 0.25) is 0 Å². The summed E-state index contributed by atoms with van der Waals surface area (Å²) >= 11 is 0. The second kappa shape index (κ2) is 7.23. The van der Waals surface area contributed by atoms with E-state index in [1.807, 2.05) is 0 Å². The van der Waals surface area contributed by atoms with E-state index in [2.05, 4.69) is 4.74 Å². The van der Waals surface area contributed by atoms with Crippen molar-refractivity contribution in [3.8, 4) is 11.5 Å². The van der Waals surface area contributed by atoms with Crippen LogP contribution in [0.5, 0.6) is 11.5 Å². The number of hydrogen-bond acceptors (Lipinski definition) is 6. The third-order valence-electron chi connectivity index (χ3n) is 2.38. The lowest BCUT2D eigenvalue weighted by molar-refractivity contribution is -0.154. The van der Waals surface area contributed by atoms with Crippen LogP contribution in [0.3, 0.4) is 0 Å². The highest BCUT2D eigenvalue weighted by atomic mass is 16.6. The highest BCUT2D eigenvalue weighted by Gasteiger charge is 2.12. The average Bonchev–Trinajstić information content (AvgIpc) is 2.37. The molecule has 0 aliphatic rings. The van der Waals surface area contributed by atoms with Crippen LogP contribution < -0.4 is 9.47 Å². The van der Waals surface area contributed by atoms with Crippen LogP contribution in [-0.2, 0) is 19.1 Å². The Kier molecular flexibility index (Phi) is 5.66. The standard InChI is InChI=1S/C15H16O6/c1-9-7-12(5-6-14(18)20-10(2)16)8-13(19-4)15(9)21-11(3)17/h5-8H,1-4H3/b6-5+. The van der Waals surface area contributed by atoms with Crippen LogP contribution in [0.2, 0.25) is 0 Å². The van der Waals surface area contributed by atoms with E-state index in [1.165, 1.54) is 20.1 Å². The van der Waals surface area contributed by atoms with E-state index in [0.717, 1.165) is 13.0 Å². The molecule has 6 heteroatoms. The molecule has 0 radical (unpaired) electrons. The van der Waals surface area contributed by atoms with Crippen molar-refractivity contribution in [2.45, 2.75) is 20.8 Å². The van der Waals surface area contributed by atoms with Crippen molar-refractivity contribution in [3.05, 3.63) is 29.3 Å². The minimum atomic E-state index is -0.761. The summed E-state index contributed by atoms with van der Waals surface area (Å²) in [7, 11) is 1.44. The zero-order chi connectivity index (χ0) is 16.0. The maximum Gasteiger partial charge on any atom is 0.338 e. The molecule has 1 aromatic rings. The van der Waals surface area contributed by atoms with Crippen LogP contribution >= 0.6 is 0 Å². The normalized spacial score (nSPS) is 10.3. The molecule has 21 heavy (non-hydrogen) atoms. The fourth-order valence-electron chi connectivity index (χ4n) is 1.63. The van der Waals surface area contributed by atoms with Crippen LogP contribution in [0.1, 0.15) is 25.0 Å². The SMILES string of the molecule is COc1cc(/C=C/C(=O)OC(C)=O)cc(C)c1OC(C)=O. The minimum Gasteiger partial charge on any atom is -0.493 e. The average molecular weight is 292 g/mol. The maximum atomic E-state index is 11.2. The largest absolute Gasteiger partial charge is 0.493 e. The molecule has 0 atom stereocenters. The molecule has 0 aliphatic carbocycles. The van der Waals surface area contributed by atoms with Gasteiger partial charge in [-0.15, -0.1) is 0 Å². The molecule has 1 aromatic carbocycles. The third kappa shape index (κ3) is 5.10. The maximum absolute atomic E-state index is 11.2. The minimum absolute atomic E-state index is 0.327. The molecule has 0 saturated heterocycles. The van der Waals surface area contributed by atoms with Crippen molar-refractivity contribution < 1.29 is 28.6 Å². The molecule has 0 bridgehead atoms. The Labute approximate surface area is 122 Å². The van der Waals surface area contributed by atoms with E-state index in [9.17, 15) is 14.4 Å². The van der Waals surface area contributed by atoms with Crippen molar-refractivity contribution >= 4 is 24.0 Å². The summed E-state index contributed by atoms with van der Waals surface area (Å²) in [5.74, 6) is -1.20. The number of ether oxygens (including phenoxy) is 3. The van der Waals surface area contributed by atoms with Gasteiger partial charge in [-0.05, 0) is 36.3 Å². The summed E-state index contributed by atoms with van der Waals surface area (Å²) in [5, 5.41) is 0. The van der Waals surface area contributed by atoms with Gasteiger partial charge in [-0.25, -0.2) is 4.79 Å². The number of aryl methyl sites for hydroxylation is 1. The molecule has 0 fully saturated rings. The molecule has 0 aliphatic heterocycles. The van der Waals surface area contributed by atoms with Crippen LogP contribution in [0.25, 0.3) is 6.08 Å². The molecular formula is C15H16O6. The summed E-state index contributed by atoms with van der Waals surface area (Å²) in [6, 6.07) is 3.31. The second-order valence-corrected chi connectivity index (χ2v) is 4.21. The third-order valence-corrected chi connectivity index (χ3v) is 2.38. The monoisotopic (exact) mass is 292 g/mol. The van der Waals surface area contributed by atoms with E-state index in [-0.39, 0.29) is 0 Å². The van der Waals surface area contributed by atoms with E-state index in [4.69, 9.17) is 9.47 Å². The highest BCUT2D eigenvalue weighted by Crippen LogP contribution is 2.32. The van der Waals surface area contributed by atoms with Crippen molar-refractivity contribution in [1.82, 2.24) is 0 Å². The molecule has 0 amide bonds. The van der Waals surface area contributed by atoms with Crippen LogP contribution in [-0.4, -0.2) is 25.0 Å². The van der Waals surface area contributed by atoms with Crippen molar-refractivity contribution in [3.63, 3.8) is 0 Å². The van der Waals surface area contributed by atoms with Gasteiger partial charge in [-0.1, -0.05) is 0 Å². The van der Waals surface area contributed by atoms with Crippen LogP contribution in [0.15, 0.2) is 18.2 Å². The summed E-state index contributed by atoms with van der Waals surface area (Å²) < 4.78 is 14.6. The van der Waals surface area contributed by atoms with Crippen LogP contribution in [0, 0.1) is 6.92 Å². The first kappa shape index (κ1) is 16.4. The van der Waals surface area contributed by atoms with Crippen molar-refractivity contribution in [1.29, 1.82) is 0 Å². The number of carbonyl (C=O) groups excluding carboxylic acids is 3. The van der Waals surface area contributed by atoms with Gasteiger partial charge in [0.05, 0.1) is 7.11 Å². The Morgan fingerprint density at radius 2 is 1.76 bits per heavy atom. The quantitative estimate of drug-likeness (QED) is 0.366. The first-order chi connectivity index (χ1) is 9.83. The Morgan fingerprint density at radius 3 is 2.29 bits per heavy atom. The highest BCUT2D eigenvalue weighted by molar-refractivity contribution is 5.94. The summed E-state index contributed by atoms with van der Waals surface area (Å²) in [4.78, 5) is 32.9. The molecule has 0 unspecified atom stereocenters. The van der Waals surface area contributed by atoms with Gasteiger partial charge in [0.15, 0.2) is 11.5 Å². The summed E-state index contributed by atoms with van der Waals surface area (Å²) in [6.07, 6.45) is 2.60. The first-order valence-electron chi connectivity index (χ1n) is 6.11. The van der Waals surface area contributed by atoms with E-state index in [0.29, 0.717) is 22.6 Å². The number of methoxy groups -OCH3 is 1. The van der Waals surface area contributed by atoms with Gasteiger partial charge >= 0.3 is 17.9 Å². The lowest BCUT2D eigenvalue weighted by Crippen LogP contribution is -2.06. The molecule has 0 spiro atoms. The molecule has 0 heterocycles. The Morgan fingerprint density at radius 1 is 1.10 bits per heavy atom. The van der Waals surface area contributed by atoms with Gasteiger partial charge < -0.3 is 14.2 Å². The van der Waals surface area contributed by atoms with E-state index in [1.54, 1.807) is 19.1 Å². The number of esters is 3. The van der Waals surface area contributed by atoms with Crippen molar-refractivity contribution in [2.75, 3.05) is 7.11 Å². The molecule has 6 nitrogen and oxygen atoms in total. The Hall–Kier alpha value is -2.63. The van der Waals surface area contributed by atoms with E-state index >= 15 is 0 Å². The number of rotatable bonds is 4. The van der Waals surface area contributed by atoms with Gasteiger partial charge in [0.25, 0.3) is 0 Å². The smallest absolute Gasteiger partial charge is 0.338 e.